The molecular weight excluding hydrogens is 266 g/mol. The van der Waals surface area contributed by atoms with Crippen LogP contribution in [0, 0.1) is 5.92 Å². The predicted molar refractivity (Wildman–Crippen MR) is 72.3 cm³/mol. The molecule has 1 rings (SSSR count). The second-order valence-corrected chi connectivity index (χ2v) is 5.29. The third-order valence-corrected chi connectivity index (χ3v) is 3.14. The van der Waals surface area contributed by atoms with Crippen molar-refractivity contribution in [2.75, 3.05) is 12.3 Å². The van der Waals surface area contributed by atoms with Crippen LogP contribution in [0.4, 0.5) is 5.69 Å². The summed E-state index contributed by atoms with van der Waals surface area (Å²) >= 11 is 3.48. The fourth-order valence-electron chi connectivity index (χ4n) is 1.46. The van der Waals surface area contributed by atoms with Crippen LogP contribution in [0.3, 0.4) is 0 Å². The highest BCUT2D eigenvalue weighted by atomic mass is 79.9. The Morgan fingerprint density at radius 2 is 2.12 bits per heavy atom. The molecule has 1 aromatic carbocycles. The molecule has 0 bridgehead atoms. The van der Waals surface area contributed by atoms with E-state index in [0.717, 1.165) is 34.7 Å². The minimum absolute atomic E-state index is 0.652. The van der Waals surface area contributed by atoms with Crippen molar-refractivity contribution in [2.24, 2.45) is 5.92 Å². The van der Waals surface area contributed by atoms with Crippen LogP contribution >= 0.6 is 15.9 Å². The minimum Gasteiger partial charge on any atom is -0.399 e. The summed E-state index contributed by atoms with van der Waals surface area (Å²) in [6, 6.07) is 5.81. The Bertz CT molecular complexity index is 326. The number of hydrogen-bond acceptors (Lipinski definition) is 2. The van der Waals surface area contributed by atoms with E-state index in [2.05, 4.69) is 29.8 Å². The van der Waals surface area contributed by atoms with E-state index in [9.17, 15) is 0 Å². The van der Waals surface area contributed by atoms with Gasteiger partial charge in [-0.2, -0.15) is 0 Å². The highest BCUT2D eigenvalue weighted by Gasteiger charge is 2.00. The van der Waals surface area contributed by atoms with E-state index in [-0.39, 0.29) is 0 Å². The van der Waals surface area contributed by atoms with Gasteiger partial charge in [0.05, 0.1) is 6.61 Å². The number of benzene rings is 1. The number of halogens is 1. The molecule has 0 spiro atoms. The lowest BCUT2D eigenvalue weighted by Crippen LogP contribution is -1.99. The lowest BCUT2D eigenvalue weighted by atomic mass is 10.1. The highest BCUT2D eigenvalue weighted by Crippen LogP contribution is 2.20. The summed E-state index contributed by atoms with van der Waals surface area (Å²) < 4.78 is 6.64. The lowest BCUT2D eigenvalue weighted by molar-refractivity contribution is 0.114. The van der Waals surface area contributed by atoms with Crippen LogP contribution < -0.4 is 5.73 Å². The first-order chi connectivity index (χ1) is 7.59. The monoisotopic (exact) mass is 285 g/mol. The molecular formula is C13H20BrNO. The molecule has 0 aliphatic rings. The average molecular weight is 286 g/mol. The van der Waals surface area contributed by atoms with Crippen molar-refractivity contribution in [1.82, 2.24) is 0 Å². The summed E-state index contributed by atoms with van der Waals surface area (Å²) in [5, 5.41) is 0. The minimum atomic E-state index is 0.652. The van der Waals surface area contributed by atoms with E-state index in [0.29, 0.717) is 6.61 Å². The molecule has 3 heteroatoms. The molecule has 0 aliphatic heterocycles. The van der Waals surface area contributed by atoms with Crippen molar-refractivity contribution in [3.05, 3.63) is 28.2 Å². The zero-order valence-electron chi connectivity index (χ0n) is 10.0. The van der Waals surface area contributed by atoms with E-state index >= 15 is 0 Å². The Hall–Kier alpha value is -0.540. The molecule has 0 fully saturated rings. The number of rotatable bonds is 6. The third-order valence-electron chi connectivity index (χ3n) is 2.40. The molecule has 2 N–H and O–H groups in total. The first-order valence-corrected chi connectivity index (χ1v) is 6.50. The van der Waals surface area contributed by atoms with Gasteiger partial charge in [0.1, 0.15) is 0 Å². The van der Waals surface area contributed by atoms with Gasteiger partial charge in [-0.05, 0) is 36.5 Å². The largest absolute Gasteiger partial charge is 0.399 e. The molecule has 0 atom stereocenters. The van der Waals surface area contributed by atoms with Gasteiger partial charge in [0.2, 0.25) is 0 Å². The van der Waals surface area contributed by atoms with Crippen LogP contribution in [0.2, 0.25) is 0 Å². The smallest absolute Gasteiger partial charge is 0.0727 e. The van der Waals surface area contributed by atoms with Gasteiger partial charge in [0, 0.05) is 16.8 Å². The van der Waals surface area contributed by atoms with Crippen molar-refractivity contribution in [3.63, 3.8) is 0 Å². The Kier molecular flexibility index (Phi) is 5.85. The average Bonchev–Trinajstić information content (AvgIpc) is 2.20. The van der Waals surface area contributed by atoms with Crippen LogP contribution in [0.5, 0.6) is 0 Å². The van der Waals surface area contributed by atoms with Gasteiger partial charge >= 0.3 is 0 Å². The third kappa shape index (κ3) is 4.99. The molecule has 1 aromatic rings. The van der Waals surface area contributed by atoms with Crippen LogP contribution in [-0.4, -0.2) is 6.61 Å². The molecule has 0 radical (unpaired) electrons. The first kappa shape index (κ1) is 13.5. The van der Waals surface area contributed by atoms with Gasteiger partial charge in [-0.3, -0.25) is 0 Å². The number of nitrogens with two attached hydrogens (primary N) is 1. The quantitative estimate of drug-likeness (QED) is 0.634. The fraction of sp³-hybridized carbons (Fsp3) is 0.538. The summed E-state index contributed by atoms with van der Waals surface area (Å²) in [4.78, 5) is 0. The molecule has 16 heavy (non-hydrogen) atoms. The summed E-state index contributed by atoms with van der Waals surface area (Å²) in [7, 11) is 0. The van der Waals surface area contributed by atoms with Crippen molar-refractivity contribution in [1.29, 1.82) is 0 Å². The SMILES string of the molecule is CC(C)CCCOCc1ccc(N)cc1Br. The van der Waals surface area contributed by atoms with E-state index < -0.39 is 0 Å². The summed E-state index contributed by atoms with van der Waals surface area (Å²) in [5.74, 6) is 0.756. The summed E-state index contributed by atoms with van der Waals surface area (Å²) in [5.41, 5.74) is 7.59. The van der Waals surface area contributed by atoms with Crippen molar-refractivity contribution in [2.45, 2.75) is 33.3 Å². The zero-order valence-corrected chi connectivity index (χ0v) is 11.6. The second kappa shape index (κ2) is 6.92. The van der Waals surface area contributed by atoms with Crippen LogP contribution in [-0.2, 0) is 11.3 Å². The van der Waals surface area contributed by atoms with Gasteiger partial charge in [-0.1, -0.05) is 35.8 Å². The summed E-state index contributed by atoms with van der Waals surface area (Å²) in [6.45, 7) is 5.95. The van der Waals surface area contributed by atoms with Crippen LogP contribution in [0.15, 0.2) is 22.7 Å². The second-order valence-electron chi connectivity index (χ2n) is 4.44. The van der Waals surface area contributed by atoms with Gasteiger partial charge in [-0.15, -0.1) is 0 Å². The summed E-state index contributed by atoms with van der Waals surface area (Å²) in [6.07, 6.45) is 2.35. The highest BCUT2D eigenvalue weighted by molar-refractivity contribution is 9.10. The molecule has 0 heterocycles. The topological polar surface area (TPSA) is 35.2 Å². The van der Waals surface area contributed by atoms with Crippen molar-refractivity contribution in [3.8, 4) is 0 Å². The van der Waals surface area contributed by atoms with E-state index in [1.807, 2.05) is 18.2 Å². The maximum absolute atomic E-state index is 5.67. The standard InChI is InChI=1S/C13H20BrNO/c1-10(2)4-3-7-16-9-11-5-6-12(15)8-13(11)14/h5-6,8,10H,3-4,7,9,15H2,1-2H3. The lowest BCUT2D eigenvalue weighted by Gasteiger charge is -2.08. The Morgan fingerprint density at radius 1 is 1.38 bits per heavy atom. The van der Waals surface area contributed by atoms with Gasteiger partial charge in [-0.25, -0.2) is 0 Å². The molecule has 0 amide bonds. The fourth-order valence-corrected chi connectivity index (χ4v) is 1.97. The van der Waals surface area contributed by atoms with Crippen LogP contribution in [0.25, 0.3) is 0 Å². The number of nitrogen functional groups attached to an aromatic ring is 1. The van der Waals surface area contributed by atoms with Gasteiger partial charge in [0.15, 0.2) is 0 Å². The molecule has 0 aromatic heterocycles. The van der Waals surface area contributed by atoms with Gasteiger partial charge < -0.3 is 10.5 Å². The van der Waals surface area contributed by atoms with Crippen LogP contribution in [0.1, 0.15) is 32.3 Å². The first-order valence-electron chi connectivity index (χ1n) is 5.71. The maximum Gasteiger partial charge on any atom is 0.0727 e. The Morgan fingerprint density at radius 3 is 2.75 bits per heavy atom. The normalized spacial score (nSPS) is 11.0. The molecule has 90 valence electrons. The number of anilines is 1. The molecule has 0 aliphatic carbocycles. The molecule has 2 nitrogen and oxygen atoms in total. The van der Waals surface area contributed by atoms with E-state index in [1.54, 1.807) is 0 Å². The number of hydrogen-bond donors (Lipinski definition) is 1. The van der Waals surface area contributed by atoms with Crippen molar-refractivity contribution >= 4 is 21.6 Å². The zero-order chi connectivity index (χ0) is 12.0. The van der Waals surface area contributed by atoms with E-state index in [4.69, 9.17) is 10.5 Å². The van der Waals surface area contributed by atoms with Gasteiger partial charge in [0.25, 0.3) is 0 Å². The Balaban J connectivity index is 2.27. The predicted octanol–water partition coefficient (Wildman–Crippen LogP) is 3.98. The molecule has 0 saturated carbocycles. The maximum atomic E-state index is 5.67. The number of ether oxygens (including phenoxy) is 1. The molecule has 0 saturated heterocycles. The molecule has 0 unspecified atom stereocenters. The Labute approximate surface area is 106 Å². The van der Waals surface area contributed by atoms with E-state index in [1.165, 1.54) is 6.42 Å². The van der Waals surface area contributed by atoms with Crippen molar-refractivity contribution < 1.29 is 4.74 Å².